The van der Waals surface area contributed by atoms with Crippen molar-refractivity contribution >= 4 is 17.7 Å². The Morgan fingerprint density at radius 1 is 1.33 bits per heavy atom. The Labute approximate surface area is 108 Å². The van der Waals surface area contributed by atoms with E-state index in [9.17, 15) is 9.59 Å². The van der Waals surface area contributed by atoms with Gasteiger partial charge in [0.15, 0.2) is 6.04 Å². The van der Waals surface area contributed by atoms with Crippen molar-refractivity contribution in [1.29, 1.82) is 0 Å². The molecule has 1 aliphatic carbocycles. The third-order valence-electron chi connectivity index (χ3n) is 3.27. The highest BCUT2D eigenvalue weighted by atomic mass is 16.5. The molecular formula is C13H21NO4. The molecule has 5 nitrogen and oxygen atoms in total. The molecule has 0 aromatic carbocycles. The van der Waals surface area contributed by atoms with Crippen molar-refractivity contribution in [3.63, 3.8) is 0 Å². The van der Waals surface area contributed by atoms with Gasteiger partial charge in [0.05, 0.1) is 20.6 Å². The van der Waals surface area contributed by atoms with Crippen molar-refractivity contribution in [2.45, 2.75) is 45.1 Å². The van der Waals surface area contributed by atoms with E-state index in [2.05, 4.69) is 21.4 Å². The van der Waals surface area contributed by atoms with Crippen LogP contribution in [0.1, 0.15) is 39.0 Å². The summed E-state index contributed by atoms with van der Waals surface area (Å²) in [6, 6.07) is -0.766. The summed E-state index contributed by atoms with van der Waals surface area (Å²) in [4.78, 5) is 27.3. The monoisotopic (exact) mass is 255 g/mol. The van der Waals surface area contributed by atoms with Crippen molar-refractivity contribution < 1.29 is 19.1 Å². The zero-order valence-electron chi connectivity index (χ0n) is 11.3. The molecule has 18 heavy (non-hydrogen) atoms. The van der Waals surface area contributed by atoms with Crippen LogP contribution in [-0.2, 0) is 19.1 Å². The average Bonchev–Trinajstić information content (AvgIpc) is 2.39. The van der Waals surface area contributed by atoms with Crippen LogP contribution < -0.4 is 0 Å². The van der Waals surface area contributed by atoms with E-state index in [-0.39, 0.29) is 6.42 Å². The number of hydrogen-bond acceptors (Lipinski definition) is 5. The number of nitrogens with zero attached hydrogens (tertiary/aromatic N) is 1. The second-order valence-electron chi connectivity index (χ2n) is 4.59. The van der Waals surface area contributed by atoms with E-state index in [1.807, 2.05) is 0 Å². The molecule has 0 N–H and O–H groups in total. The molecule has 1 aliphatic rings. The molecule has 5 heteroatoms. The number of ether oxygens (including phenoxy) is 2. The summed E-state index contributed by atoms with van der Waals surface area (Å²) in [5, 5.41) is 0. The number of esters is 2. The molecule has 1 rings (SSSR count). The fourth-order valence-electron chi connectivity index (χ4n) is 2.12. The summed E-state index contributed by atoms with van der Waals surface area (Å²) >= 11 is 0. The zero-order chi connectivity index (χ0) is 13.5. The molecule has 0 spiro atoms. The first kappa shape index (κ1) is 14.7. The summed E-state index contributed by atoms with van der Waals surface area (Å²) in [6.45, 7) is 2.10. The lowest BCUT2D eigenvalue weighted by molar-refractivity contribution is -0.148. The number of carbonyl (C=O) groups excluding carboxylic acids is 2. The van der Waals surface area contributed by atoms with Gasteiger partial charge in [-0.1, -0.05) is 13.3 Å². The second kappa shape index (κ2) is 7.13. The first-order valence-electron chi connectivity index (χ1n) is 6.29. The number of carbonyl (C=O) groups is 2. The zero-order valence-corrected chi connectivity index (χ0v) is 11.3. The molecular weight excluding hydrogens is 234 g/mol. The number of rotatable bonds is 4. The Bertz CT molecular complexity index is 338. The van der Waals surface area contributed by atoms with E-state index < -0.39 is 18.0 Å². The van der Waals surface area contributed by atoms with Gasteiger partial charge in [-0.25, -0.2) is 4.79 Å². The van der Waals surface area contributed by atoms with Gasteiger partial charge in [0.1, 0.15) is 0 Å². The molecule has 1 unspecified atom stereocenters. The minimum atomic E-state index is -0.766. The quantitative estimate of drug-likeness (QED) is 0.718. The van der Waals surface area contributed by atoms with E-state index in [0.717, 1.165) is 25.0 Å². The van der Waals surface area contributed by atoms with Gasteiger partial charge in [-0.3, -0.25) is 9.79 Å². The van der Waals surface area contributed by atoms with Gasteiger partial charge in [-0.05, 0) is 25.2 Å². The predicted octanol–water partition coefficient (Wildman–Crippen LogP) is 1.74. The van der Waals surface area contributed by atoms with Gasteiger partial charge in [-0.2, -0.15) is 0 Å². The largest absolute Gasteiger partial charge is 0.469 e. The van der Waals surface area contributed by atoms with Gasteiger partial charge in [-0.15, -0.1) is 0 Å². The van der Waals surface area contributed by atoms with Crippen LogP contribution in [0, 0.1) is 5.92 Å². The highest BCUT2D eigenvalue weighted by Crippen LogP contribution is 2.22. The molecule has 0 aliphatic heterocycles. The van der Waals surface area contributed by atoms with Gasteiger partial charge in [0.25, 0.3) is 0 Å². The molecule has 1 saturated carbocycles. The molecule has 0 bridgehead atoms. The van der Waals surface area contributed by atoms with Crippen molar-refractivity contribution in [3.05, 3.63) is 0 Å². The van der Waals surface area contributed by atoms with Crippen LogP contribution in [0.4, 0.5) is 0 Å². The van der Waals surface area contributed by atoms with E-state index >= 15 is 0 Å². The standard InChI is InChI=1S/C13H21NO4/c1-9-6-4-5-7-10(9)14-11(13(16)18-3)8-12(15)17-2/h9,11H,4-8H2,1-3H3/t9?,11-/m0/s1. The number of aliphatic imine (C=N–C) groups is 1. The van der Waals surface area contributed by atoms with Gasteiger partial charge in [0, 0.05) is 5.71 Å². The highest BCUT2D eigenvalue weighted by Gasteiger charge is 2.25. The van der Waals surface area contributed by atoms with E-state index in [4.69, 9.17) is 0 Å². The molecule has 0 radical (unpaired) electrons. The minimum Gasteiger partial charge on any atom is -0.469 e. The minimum absolute atomic E-state index is 0.0562. The number of hydrogen-bond donors (Lipinski definition) is 0. The third kappa shape index (κ3) is 4.13. The average molecular weight is 255 g/mol. The van der Waals surface area contributed by atoms with E-state index in [1.54, 1.807) is 0 Å². The smallest absolute Gasteiger partial charge is 0.331 e. The van der Waals surface area contributed by atoms with Crippen LogP contribution >= 0.6 is 0 Å². The first-order chi connectivity index (χ1) is 8.58. The third-order valence-corrected chi connectivity index (χ3v) is 3.27. The lowest BCUT2D eigenvalue weighted by Crippen LogP contribution is -2.28. The van der Waals surface area contributed by atoms with Crippen molar-refractivity contribution in [3.8, 4) is 0 Å². The van der Waals surface area contributed by atoms with Crippen LogP contribution in [0.3, 0.4) is 0 Å². The maximum absolute atomic E-state index is 11.6. The topological polar surface area (TPSA) is 65.0 Å². The van der Waals surface area contributed by atoms with E-state index in [0.29, 0.717) is 5.92 Å². The van der Waals surface area contributed by atoms with Crippen LogP contribution in [0.5, 0.6) is 0 Å². The summed E-state index contributed by atoms with van der Waals surface area (Å²) in [7, 11) is 2.60. The molecule has 1 fully saturated rings. The molecule has 0 saturated heterocycles. The van der Waals surface area contributed by atoms with Gasteiger partial charge >= 0.3 is 11.9 Å². The Morgan fingerprint density at radius 2 is 2.06 bits per heavy atom. The van der Waals surface area contributed by atoms with Crippen molar-refractivity contribution in [1.82, 2.24) is 0 Å². The maximum atomic E-state index is 11.6. The van der Waals surface area contributed by atoms with Crippen molar-refractivity contribution in [2.24, 2.45) is 10.9 Å². The summed E-state index contributed by atoms with van der Waals surface area (Å²) < 4.78 is 9.26. The fraction of sp³-hybridized carbons (Fsp3) is 0.769. The molecule has 0 aromatic heterocycles. The Kier molecular flexibility index (Phi) is 5.82. The molecule has 0 aromatic rings. The lowest BCUT2D eigenvalue weighted by Gasteiger charge is -2.22. The second-order valence-corrected chi connectivity index (χ2v) is 4.59. The van der Waals surface area contributed by atoms with Gasteiger partial charge in [0.2, 0.25) is 0 Å². The predicted molar refractivity (Wildman–Crippen MR) is 67.5 cm³/mol. The lowest BCUT2D eigenvalue weighted by atomic mass is 9.88. The Hall–Kier alpha value is -1.39. The molecule has 0 amide bonds. The summed E-state index contributed by atoms with van der Waals surface area (Å²) in [5.41, 5.74) is 1.01. The fourth-order valence-corrected chi connectivity index (χ4v) is 2.12. The molecule has 2 atom stereocenters. The van der Waals surface area contributed by atoms with Crippen LogP contribution in [0.2, 0.25) is 0 Å². The SMILES string of the molecule is COC(=O)C[C@H](N=C1CCCCC1C)C(=O)OC. The maximum Gasteiger partial charge on any atom is 0.331 e. The van der Waals surface area contributed by atoms with Crippen molar-refractivity contribution in [2.75, 3.05) is 14.2 Å². The summed E-state index contributed by atoms with van der Waals surface area (Å²) in [6.07, 6.45) is 4.22. The Morgan fingerprint density at radius 3 is 2.61 bits per heavy atom. The number of methoxy groups -OCH3 is 2. The van der Waals surface area contributed by atoms with Gasteiger partial charge < -0.3 is 9.47 Å². The first-order valence-corrected chi connectivity index (χ1v) is 6.29. The van der Waals surface area contributed by atoms with Crippen LogP contribution in [0.15, 0.2) is 4.99 Å². The van der Waals surface area contributed by atoms with Crippen LogP contribution in [0.25, 0.3) is 0 Å². The molecule has 102 valence electrons. The Balaban J connectivity index is 2.78. The van der Waals surface area contributed by atoms with Crippen LogP contribution in [-0.4, -0.2) is 37.9 Å². The molecule has 0 heterocycles. The van der Waals surface area contributed by atoms with E-state index in [1.165, 1.54) is 20.6 Å². The summed E-state index contributed by atoms with van der Waals surface area (Å²) in [5.74, 6) is -0.549. The highest BCUT2D eigenvalue weighted by molar-refractivity contribution is 5.91. The normalized spacial score (nSPS) is 23.5.